The molecule has 0 aliphatic rings. The van der Waals surface area contributed by atoms with Gasteiger partial charge in [0.1, 0.15) is 0 Å². The Morgan fingerprint density at radius 2 is 2.08 bits per heavy atom. The number of hydrogen-bond donors (Lipinski definition) is 1. The van der Waals surface area contributed by atoms with Gasteiger partial charge in [-0.3, -0.25) is 4.79 Å². The van der Waals surface area contributed by atoms with Crippen molar-refractivity contribution in [2.45, 2.75) is 13.8 Å². The predicted molar refractivity (Wildman–Crippen MR) is 50.4 cm³/mol. The molecule has 0 aromatic heterocycles. The summed E-state index contributed by atoms with van der Waals surface area (Å²) in [4.78, 5) is 13.1. The Kier molecular flexibility index (Phi) is 6.54. The number of hydrogen-bond acceptors (Lipinski definition) is 3. The van der Waals surface area contributed by atoms with Crippen LogP contribution in [-0.4, -0.2) is 49.3 Å². The summed E-state index contributed by atoms with van der Waals surface area (Å²) in [5.74, 6) is 0.0366. The van der Waals surface area contributed by atoms with E-state index in [0.29, 0.717) is 19.7 Å². The van der Waals surface area contributed by atoms with Crippen LogP contribution >= 0.6 is 0 Å². The Hall–Kier alpha value is -0.610. The summed E-state index contributed by atoms with van der Waals surface area (Å²) in [6.45, 7) is 5.15. The lowest BCUT2D eigenvalue weighted by molar-refractivity contribution is -0.135. The van der Waals surface area contributed by atoms with E-state index < -0.39 is 0 Å². The van der Waals surface area contributed by atoms with E-state index in [4.69, 9.17) is 9.84 Å². The first-order chi connectivity index (χ1) is 6.13. The minimum atomic E-state index is -0.0246. The SMILES string of the molecule is COCCN(CCO)C(=O)C(C)C. The van der Waals surface area contributed by atoms with Crippen molar-refractivity contribution in [1.82, 2.24) is 4.90 Å². The molecule has 0 bridgehead atoms. The van der Waals surface area contributed by atoms with E-state index in [1.807, 2.05) is 13.8 Å². The van der Waals surface area contributed by atoms with E-state index in [2.05, 4.69) is 0 Å². The summed E-state index contributed by atoms with van der Waals surface area (Å²) in [6, 6.07) is 0. The highest BCUT2D eigenvalue weighted by Gasteiger charge is 2.15. The van der Waals surface area contributed by atoms with Gasteiger partial charge in [0, 0.05) is 26.1 Å². The summed E-state index contributed by atoms with van der Waals surface area (Å²) < 4.78 is 4.87. The van der Waals surface area contributed by atoms with Crippen LogP contribution in [0.1, 0.15) is 13.8 Å². The highest BCUT2D eigenvalue weighted by Crippen LogP contribution is 2.00. The molecule has 0 saturated carbocycles. The Bertz CT molecular complexity index is 148. The van der Waals surface area contributed by atoms with Gasteiger partial charge in [-0.15, -0.1) is 0 Å². The number of aliphatic hydroxyl groups excluding tert-OH is 1. The van der Waals surface area contributed by atoms with Crippen LogP contribution in [0.5, 0.6) is 0 Å². The fourth-order valence-corrected chi connectivity index (χ4v) is 1.02. The van der Waals surface area contributed by atoms with Crippen molar-refractivity contribution in [3.63, 3.8) is 0 Å². The van der Waals surface area contributed by atoms with Gasteiger partial charge in [0.15, 0.2) is 0 Å². The van der Waals surface area contributed by atoms with E-state index in [1.165, 1.54) is 0 Å². The number of carbonyl (C=O) groups excluding carboxylic acids is 1. The number of carbonyl (C=O) groups is 1. The molecule has 0 saturated heterocycles. The standard InChI is InChI=1S/C9H19NO3/c1-8(2)9(12)10(4-6-11)5-7-13-3/h8,11H,4-7H2,1-3H3. The zero-order valence-corrected chi connectivity index (χ0v) is 8.62. The van der Waals surface area contributed by atoms with Crippen LogP contribution in [0.3, 0.4) is 0 Å². The first kappa shape index (κ1) is 12.4. The maximum Gasteiger partial charge on any atom is 0.225 e. The molecule has 0 radical (unpaired) electrons. The highest BCUT2D eigenvalue weighted by molar-refractivity contribution is 5.78. The van der Waals surface area contributed by atoms with Crippen LogP contribution in [0, 0.1) is 5.92 Å². The Labute approximate surface area is 79.5 Å². The smallest absolute Gasteiger partial charge is 0.225 e. The number of methoxy groups -OCH3 is 1. The molecule has 0 spiro atoms. The molecule has 0 unspecified atom stereocenters. The monoisotopic (exact) mass is 189 g/mol. The van der Waals surface area contributed by atoms with Gasteiger partial charge in [0.2, 0.25) is 5.91 Å². The lowest BCUT2D eigenvalue weighted by atomic mass is 10.2. The molecule has 0 aromatic rings. The van der Waals surface area contributed by atoms with Crippen molar-refractivity contribution in [3.8, 4) is 0 Å². The zero-order valence-electron chi connectivity index (χ0n) is 8.62. The topological polar surface area (TPSA) is 49.8 Å². The third-order valence-electron chi connectivity index (χ3n) is 1.74. The Morgan fingerprint density at radius 1 is 1.46 bits per heavy atom. The van der Waals surface area contributed by atoms with Gasteiger partial charge in [-0.05, 0) is 0 Å². The summed E-state index contributed by atoms with van der Waals surface area (Å²) in [7, 11) is 1.59. The van der Waals surface area contributed by atoms with E-state index in [-0.39, 0.29) is 18.4 Å². The molecule has 4 heteroatoms. The Morgan fingerprint density at radius 3 is 2.46 bits per heavy atom. The number of amides is 1. The van der Waals surface area contributed by atoms with Gasteiger partial charge in [-0.1, -0.05) is 13.8 Å². The zero-order chi connectivity index (χ0) is 10.3. The number of ether oxygens (including phenoxy) is 1. The molecular weight excluding hydrogens is 170 g/mol. The van der Waals surface area contributed by atoms with Crippen molar-refractivity contribution in [2.75, 3.05) is 33.4 Å². The van der Waals surface area contributed by atoms with E-state index in [9.17, 15) is 4.79 Å². The molecule has 0 rings (SSSR count). The molecular formula is C9H19NO3. The van der Waals surface area contributed by atoms with Crippen LogP contribution in [-0.2, 0) is 9.53 Å². The van der Waals surface area contributed by atoms with Gasteiger partial charge in [0.25, 0.3) is 0 Å². The molecule has 0 heterocycles. The third kappa shape index (κ3) is 4.85. The first-order valence-electron chi connectivity index (χ1n) is 4.52. The average molecular weight is 189 g/mol. The fourth-order valence-electron chi connectivity index (χ4n) is 1.02. The molecule has 1 N–H and O–H groups in total. The van der Waals surface area contributed by atoms with E-state index >= 15 is 0 Å². The second kappa shape index (κ2) is 6.86. The molecule has 0 atom stereocenters. The first-order valence-corrected chi connectivity index (χ1v) is 4.52. The third-order valence-corrected chi connectivity index (χ3v) is 1.74. The molecule has 13 heavy (non-hydrogen) atoms. The van der Waals surface area contributed by atoms with Gasteiger partial charge >= 0.3 is 0 Å². The normalized spacial score (nSPS) is 10.5. The van der Waals surface area contributed by atoms with Crippen molar-refractivity contribution in [1.29, 1.82) is 0 Å². The summed E-state index contributed by atoms with van der Waals surface area (Å²) >= 11 is 0. The van der Waals surface area contributed by atoms with Crippen LogP contribution in [0.25, 0.3) is 0 Å². The fraction of sp³-hybridized carbons (Fsp3) is 0.889. The van der Waals surface area contributed by atoms with Crippen molar-refractivity contribution in [3.05, 3.63) is 0 Å². The maximum atomic E-state index is 11.5. The number of aliphatic hydroxyl groups is 1. The minimum absolute atomic E-state index is 0.00216. The van der Waals surface area contributed by atoms with Crippen LogP contribution < -0.4 is 0 Å². The van der Waals surface area contributed by atoms with Crippen molar-refractivity contribution < 1.29 is 14.6 Å². The van der Waals surface area contributed by atoms with Gasteiger partial charge in [-0.25, -0.2) is 0 Å². The van der Waals surface area contributed by atoms with Crippen LogP contribution in [0.15, 0.2) is 0 Å². The number of rotatable bonds is 6. The minimum Gasteiger partial charge on any atom is -0.395 e. The lowest BCUT2D eigenvalue weighted by Crippen LogP contribution is -2.38. The average Bonchev–Trinajstić information content (AvgIpc) is 2.11. The van der Waals surface area contributed by atoms with Crippen molar-refractivity contribution >= 4 is 5.91 Å². The summed E-state index contributed by atoms with van der Waals surface area (Å²) in [5.41, 5.74) is 0. The van der Waals surface area contributed by atoms with Gasteiger partial charge < -0.3 is 14.7 Å². The second-order valence-corrected chi connectivity index (χ2v) is 3.20. The molecule has 0 fully saturated rings. The second-order valence-electron chi connectivity index (χ2n) is 3.20. The van der Waals surface area contributed by atoms with Crippen LogP contribution in [0.2, 0.25) is 0 Å². The van der Waals surface area contributed by atoms with Crippen molar-refractivity contribution in [2.24, 2.45) is 5.92 Å². The molecule has 4 nitrogen and oxygen atoms in total. The molecule has 0 aliphatic carbocycles. The molecule has 1 amide bonds. The molecule has 0 aliphatic heterocycles. The quantitative estimate of drug-likeness (QED) is 0.645. The molecule has 78 valence electrons. The number of nitrogens with zero attached hydrogens (tertiary/aromatic N) is 1. The summed E-state index contributed by atoms with van der Waals surface area (Å²) in [5, 5.41) is 8.73. The molecule has 0 aromatic carbocycles. The van der Waals surface area contributed by atoms with Gasteiger partial charge in [-0.2, -0.15) is 0 Å². The summed E-state index contributed by atoms with van der Waals surface area (Å²) in [6.07, 6.45) is 0. The predicted octanol–water partition coefficient (Wildman–Crippen LogP) is 0.110. The van der Waals surface area contributed by atoms with E-state index in [1.54, 1.807) is 12.0 Å². The van der Waals surface area contributed by atoms with Crippen LogP contribution in [0.4, 0.5) is 0 Å². The largest absolute Gasteiger partial charge is 0.395 e. The lowest BCUT2D eigenvalue weighted by Gasteiger charge is -2.23. The maximum absolute atomic E-state index is 11.5. The van der Waals surface area contributed by atoms with E-state index in [0.717, 1.165) is 0 Å². The van der Waals surface area contributed by atoms with Gasteiger partial charge in [0.05, 0.1) is 13.2 Å². The highest BCUT2D eigenvalue weighted by atomic mass is 16.5. The Balaban J connectivity index is 3.99.